The van der Waals surface area contributed by atoms with E-state index in [4.69, 9.17) is 21.3 Å². The minimum atomic E-state index is -1.17. The van der Waals surface area contributed by atoms with Crippen LogP contribution in [0.25, 0.3) is 46.1 Å². The van der Waals surface area contributed by atoms with Gasteiger partial charge in [0.05, 0.1) is 22.4 Å². The summed E-state index contributed by atoms with van der Waals surface area (Å²) in [6.45, 7) is 9.30. The standard InChI is InChI=1S/C28H30N2O2Si.C22H16N2O.C2H8N2/c1-33(2,3)19-18-32-21-30-27-20-24(28(31)23-12-8-5-9-13-23)15-16-25(27)26(29-30)17-14-22-10-6-4-7-11-22;25-22(17-9-5-2-6-10-17)18-12-13-19-20(23-24-21(19)15-18)14-11-16-7-3-1-4-8-16;3-1-2-4/h4-17,20H,18-19,21H2,1-3H3;1-15H,(H,23,24);1-4H2/b17-14+;14-11+;. The lowest BCUT2D eigenvalue weighted by Gasteiger charge is -2.15. The maximum atomic E-state index is 13.0. The van der Waals surface area contributed by atoms with E-state index in [1.807, 2.05) is 169 Å². The predicted octanol–water partition coefficient (Wildman–Crippen LogP) is 10.6. The average molecular weight is 839 g/mol. The summed E-state index contributed by atoms with van der Waals surface area (Å²) in [6, 6.07) is 51.5. The number of carbonyl (C=O) groups is 2. The van der Waals surface area contributed by atoms with E-state index in [0.717, 1.165) is 57.0 Å². The number of ether oxygens (including phenoxy) is 1. The van der Waals surface area contributed by atoms with Crippen LogP contribution in [-0.2, 0) is 11.5 Å². The summed E-state index contributed by atoms with van der Waals surface area (Å²) in [5.41, 5.74) is 18.2. The second-order valence-corrected chi connectivity index (χ2v) is 21.4. The Morgan fingerprint density at radius 3 is 1.60 bits per heavy atom. The molecule has 8 aromatic rings. The second kappa shape index (κ2) is 22.1. The van der Waals surface area contributed by atoms with Crippen LogP contribution >= 0.6 is 0 Å². The minimum absolute atomic E-state index is 0.00581. The van der Waals surface area contributed by atoms with Gasteiger partial charge in [-0.3, -0.25) is 14.7 Å². The zero-order valence-corrected chi connectivity index (χ0v) is 36.6. The van der Waals surface area contributed by atoms with Crippen LogP contribution < -0.4 is 11.5 Å². The molecule has 2 aromatic heterocycles. The third kappa shape index (κ3) is 12.6. The Hall–Kier alpha value is -6.82. The number of H-pyrrole nitrogens is 1. The van der Waals surface area contributed by atoms with Crippen LogP contribution in [0.5, 0.6) is 0 Å². The van der Waals surface area contributed by atoms with Crippen molar-refractivity contribution in [2.45, 2.75) is 32.4 Å². The van der Waals surface area contributed by atoms with Gasteiger partial charge in [-0.25, -0.2) is 4.68 Å². The molecule has 2 heterocycles. The molecule has 5 N–H and O–H groups in total. The van der Waals surface area contributed by atoms with Crippen molar-refractivity contribution >= 4 is 65.8 Å². The van der Waals surface area contributed by atoms with Gasteiger partial charge >= 0.3 is 0 Å². The molecule has 62 heavy (non-hydrogen) atoms. The molecule has 0 spiro atoms. The molecule has 6 aromatic carbocycles. The summed E-state index contributed by atoms with van der Waals surface area (Å²) in [6.07, 6.45) is 8.08. The number of aromatic amines is 1. The van der Waals surface area contributed by atoms with E-state index in [1.165, 1.54) is 0 Å². The van der Waals surface area contributed by atoms with Crippen molar-refractivity contribution in [3.63, 3.8) is 0 Å². The molecule has 0 amide bonds. The van der Waals surface area contributed by atoms with Gasteiger partial charge < -0.3 is 16.2 Å². The normalized spacial score (nSPS) is 11.4. The Kier molecular flexibility index (Phi) is 16.0. The van der Waals surface area contributed by atoms with Crippen LogP contribution in [0.4, 0.5) is 0 Å². The van der Waals surface area contributed by atoms with Crippen LogP contribution in [-0.4, -0.2) is 59.3 Å². The largest absolute Gasteiger partial charge is 0.360 e. The van der Waals surface area contributed by atoms with Crippen molar-refractivity contribution in [2.75, 3.05) is 19.7 Å². The molecule has 0 saturated carbocycles. The summed E-state index contributed by atoms with van der Waals surface area (Å²) in [5, 5.41) is 14.2. The number of nitrogens with two attached hydrogens (primary N) is 2. The number of nitrogens with one attached hydrogen (secondary N) is 1. The van der Waals surface area contributed by atoms with Gasteiger partial charge in [0.1, 0.15) is 6.73 Å². The smallest absolute Gasteiger partial charge is 0.193 e. The molecule has 0 aliphatic heterocycles. The Labute approximate surface area is 364 Å². The second-order valence-electron chi connectivity index (χ2n) is 15.8. The number of fused-ring (bicyclic) bond motifs is 2. The van der Waals surface area contributed by atoms with Crippen LogP contribution in [0.1, 0.15) is 54.4 Å². The van der Waals surface area contributed by atoms with Gasteiger partial charge in [-0.05, 0) is 53.6 Å². The molecule has 0 aliphatic carbocycles. The molecule has 0 atom stereocenters. The predicted molar refractivity (Wildman–Crippen MR) is 259 cm³/mol. The summed E-state index contributed by atoms with van der Waals surface area (Å²) >= 11 is 0. The summed E-state index contributed by atoms with van der Waals surface area (Å²) in [7, 11) is -1.17. The van der Waals surface area contributed by atoms with E-state index in [-0.39, 0.29) is 11.6 Å². The minimum Gasteiger partial charge on any atom is -0.360 e. The number of hydrogen-bond acceptors (Lipinski definition) is 7. The molecule has 0 fully saturated rings. The first-order chi connectivity index (χ1) is 30.1. The Morgan fingerprint density at radius 1 is 0.597 bits per heavy atom. The number of benzene rings is 6. The van der Waals surface area contributed by atoms with Gasteiger partial charge in [-0.15, -0.1) is 0 Å². The molecule has 0 saturated heterocycles. The highest BCUT2D eigenvalue weighted by Crippen LogP contribution is 2.25. The van der Waals surface area contributed by atoms with E-state index in [9.17, 15) is 9.59 Å². The summed E-state index contributed by atoms with van der Waals surface area (Å²) in [5.74, 6) is 0.0183. The van der Waals surface area contributed by atoms with Crippen LogP contribution in [0.3, 0.4) is 0 Å². The topological polar surface area (TPSA) is 142 Å². The third-order valence-electron chi connectivity index (χ3n) is 9.81. The molecule has 0 bridgehead atoms. The van der Waals surface area contributed by atoms with Gasteiger partial charge in [0.25, 0.3) is 0 Å². The molecule has 9 nitrogen and oxygen atoms in total. The van der Waals surface area contributed by atoms with Crippen molar-refractivity contribution in [3.8, 4) is 0 Å². The van der Waals surface area contributed by atoms with Gasteiger partial charge in [0, 0.05) is 60.8 Å². The number of carbonyl (C=O) groups excluding carboxylic acids is 2. The first kappa shape index (κ1) is 44.7. The fourth-order valence-corrected chi connectivity index (χ4v) is 7.15. The Balaban J connectivity index is 0.000000196. The molecule has 8 rings (SSSR count). The van der Waals surface area contributed by atoms with Gasteiger partial charge in [-0.2, -0.15) is 10.2 Å². The highest BCUT2D eigenvalue weighted by atomic mass is 28.3. The van der Waals surface area contributed by atoms with Crippen molar-refractivity contribution in [1.29, 1.82) is 0 Å². The molecule has 0 aliphatic rings. The van der Waals surface area contributed by atoms with E-state index in [0.29, 0.717) is 42.1 Å². The first-order valence-electron chi connectivity index (χ1n) is 20.8. The molecule has 314 valence electrons. The maximum Gasteiger partial charge on any atom is 0.193 e. The fraction of sp³-hybridized carbons (Fsp3) is 0.154. The average Bonchev–Trinajstić information content (AvgIpc) is 3.89. The van der Waals surface area contributed by atoms with E-state index in [1.54, 1.807) is 0 Å². The van der Waals surface area contributed by atoms with Crippen molar-refractivity contribution < 1.29 is 14.3 Å². The fourth-order valence-electron chi connectivity index (χ4n) is 6.39. The van der Waals surface area contributed by atoms with Crippen LogP contribution in [0.2, 0.25) is 25.7 Å². The highest BCUT2D eigenvalue weighted by molar-refractivity contribution is 6.76. The lowest BCUT2D eigenvalue weighted by molar-refractivity contribution is 0.0816. The lowest BCUT2D eigenvalue weighted by Crippen LogP contribution is -2.22. The van der Waals surface area contributed by atoms with Crippen molar-refractivity contribution in [2.24, 2.45) is 11.5 Å². The number of aromatic nitrogens is 4. The van der Waals surface area contributed by atoms with Crippen LogP contribution in [0, 0.1) is 0 Å². The zero-order valence-electron chi connectivity index (χ0n) is 35.6. The monoisotopic (exact) mass is 838 g/mol. The zero-order chi connectivity index (χ0) is 43.7. The van der Waals surface area contributed by atoms with E-state index in [2.05, 4.69) is 48.0 Å². The molecule has 0 radical (unpaired) electrons. The van der Waals surface area contributed by atoms with E-state index >= 15 is 0 Å². The summed E-state index contributed by atoms with van der Waals surface area (Å²) in [4.78, 5) is 25.6. The van der Waals surface area contributed by atoms with Crippen molar-refractivity contribution in [3.05, 3.63) is 202 Å². The molecule has 0 unspecified atom stereocenters. The van der Waals surface area contributed by atoms with E-state index < -0.39 is 8.07 Å². The van der Waals surface area contributed by atoms with Crippen LogP contribution in [0.15, 0.2) is 158 Å². The quantitative estimate of drug-likeness (QED) is 0.0562. The molecular weight excluding hydrogens is 785 g/mol. The third-order valence-corrected chi connectivity index (χ3v) is 11.5. The van der Waals surface area contributed by atoms with Gasteiger partial charge in [-0.1, -0.05) is 165 Å². The summed E-state index contributed by atoms with van der Waals surface area (Å²) < 4.78 is 7.86. The molecule has 10 heteroatoms. The first-order valence-corrected chi connectivity index (χ1v) is 24.5. The van der Waals surface area contributed by atoms with Crippen molar-refractivity contribution in [1.82, 2.24) is 20.0 Å². The molecular formula is C52H54N6O3Si. The lowest BCUT2D eigenvalue weighted by atomic mass is 10.0. The highest BCUT2D eigenvalue weighted by Gasteiger charge is 2.16. The van der Waals surface area contributed by atoms with Gasteiger partial charge in [0.2, 0.25) is 0 Å². The number of hydrogen-bond donors (Lipinski definition) is 3. The maximum absolute atomic E-state index is 13.0. The Morgan fingerprint density at radius 2 is 1.08 bits per heavy atom. The number of ketones is 2. The van der Waals surface area contributed by atoms with Gasteiger partial charge in [0.15, 0.2) is 11.6 Å². The number of rotatable bonds is 14. The Bertz CT molecular complexity index is 2720. The SMILES string of the molecule is C[Si](C)(C)CCOCn1nc(/C=C/c2ccccc2)c2ccc(C(=O)c3ccccc3)cc21.NCCN.O=C(c1ccccc1)c1ccc2c(/C=C/c3ccccc3)n[nH]c2c1. The number of nitrogens with zero attached hydrogens (tertiary/aromatic N) is 3.